The molecule has 0 aromatic carbocycles. The van der Waals surface area contributed by atoms with Crippen LogP contribution in [0.15, 0.2) is 18.3 Å². The minimum absolute atomic E-state index is 0.437. The van der Waals surface area contributed by atoms with Crippen molar-refractivity contribution in [2.24, 2.45) is 11.5 Å². The molecule has 1 fully saturated rings. The van der Waals surface area contributed by atoms with Crippen molar-refractivity contribution in [3.05, 3.63) is 23.9 Å². The highest BCUT2D eigenvalue weighted by Gasteiger charge is 2.15. The normalized spacial score (nSPS) is 16.9. The maximum Gasteiger partial charge on any atom is 0.250 e. The molecule has 1 aromatic rings. The Balaban J connectivity index is 1.94. The zero-order valence-electron chi connectivity index (χ0n) is 11.8. The Morgan fingerprint density at radius 1 is 1.25 bits per heavy atom. The van der Waals surface area contributed by atoms with Gasteiger partial charge in [-0.15, -0.1) is 0 Å². The first-order valence-electron chi connectivity index (χ1n) is 7.14. The Morgan fingerprint density at radius 2 is 2.10 bits per heavy atom. The molecule has 1 aliphatic heterocycles. The number of aromatic nitrogens is 1. The molecule has 0 atom stereocenters. The molecule has 0 bridgehead atoms. The van der Waals surface area contributed by atoms with Crippen molar-refractivity contribution in [3.8, 4) is 0 Å². The average molecular weight is 277 g/mol. The van der Waals surface area contributed by atoms with Gasteiger partial charge in [0.05, 0.1) is 5.56 Å². The van der Waals surface area contributed by atoms with Gasteiger partial charge >= 0.3 is 0 Å². The molecule has 1 saturated heterocycles. The van der Waals surface area contributed by atoms with Crippen LogP contribution < -0.4 is 16.4 Å². The van der Waals surface area contributed by atoms with Gasteiger partial charge in [-0.3, -0.25) is 4.79 Å². The molecule has 2 rings (SSSR count). The summed E-state index contributed by atoms with van der Waals surface area (Å²) in [4.78, 5) is 20.1. The fourth-order valence-corrected chi connectivity index (χ4v) is 2.46. The number of hydrogen-bond donors (Lipinski definition) is 2. The number of carbonyl (C=O) groups excluding carboxylic acids is 1. The van der Waals surface area contributed by atoms with Crippen LogP contribution in [0.5, 0.6) is 0 Å². The van der Waals surface area contributed by atoms with Crippen LogP contribution in [0.3, 0.4) is 0 Å². The lowest BCUT2D eigenvalue weighted by molar-refractivity contribution is 0.1000. The summed E-state index contributed by atoms with van der Waals surface area (Å²) in [6.45, 7) is 5.89. The van der Waals surface area contributed by atoms with Crippen LogP contribution in [0, 0.1) is 0 Å². The summed E-state index contributed by atoms with van der Waals surface area (Å²) in [6.07, 6.45) is 3.71. The van der Waals surface area contributed by atoms with Crippen molar-refractivity contribution in [3.63, 3.8) is 0 Å². The summed E-state index contributed by atoms with van der Waals surface area (Å²) in [7, 11) is 0. The van der Waals surface area contributed by atoms with E-state index in [-0.39, 0.29) is 0 Å². The summed E-state index contributed by atoms with van der Waals surface area (Å²) in [5.41, 5.74) is 11.2. The molecule has 1 aliphatic rings. The van der Waals surface area contributed by atoms with Gasteiger partial charge in [-0.2, -0.15) is 0 Å². The number of amides is 1. The summed E-state index contributed by atoms with van der Waals surface area (Å²) in [6, 6.07) is 3.61. The second kappa shape index (κ2) is 7.21. The summed E-state index contributed by atoms with van der Waals surface area (Å²) >= 11 is 0. The first-order chi connectivity index (χ1) is 9.70. The van der Waals surface area contributed by atoms with Crippen LogP contribution in [0.25, 0.3) is 0 Å². The first kappa shape index (κ1) is 14.7. The maximum atomic E-state index is 11.0. The minimum atomic E-state index is -0.437. The van der Waals surface area contributed by atoms with E-state index in [2.05, 4.69) is 14.8 Å². The molecule has 0 aliphatic carbocycles. The smallest absolute Gasteiger partial charge is 0.250 e. The van der Waals surface area contributed by atoms with E-state index < -0.39 is 5.91 Å². The van der Waals surface area contributed by atoms with Crippen molar-refractivity contribution in [2.75, 3.05) is 44.2 Å². The largest absolute Gasteiger partial charge is 0.366 e. The molecule has 0 saturated carbocycles. The third-order valence-corrected chi connectivity index (χ3v) is 3.62. The second-order valence-corrected chi connectivity index (χ2v) is 5.09. The highest BCUT2D eigenvalue weighted by molar-refractivity contribution is 5.92. The number of hydrogen-bond acceptors (Lipinski definition) is 5. The zero-order chi connectivity index (χ0) is 14.4. The van der Waals surface area contributed by atoms with E-state index in [1.807, 2.05) is 6.07 Å². The van der Waals surface area contributed by atoms with E-state index >= 15 is 0 Å². The Labute approximate surface area is 119 Å². The third-order valence-electron chi connectivity index (χ3n) is 3.62. The van der Waals surface area contributed by atoms with E-state index in [1.54, 1.807) is 12.3 Å². The molecule has 110 valence electrons. The first-order valence-corrected chi connectivity index (χ1v) is 7.14. The Bertz CT molecular complexity index is 434. The van der Waals surface area contributed by atoms with E-state index in [1.165, 1.54) is 0 Å². The molecule has 0 unspecified atom stereocenters. The fourth-order valence-electron chi connectivity index (χ4n) is 2.46. The van der Waals surface area contributed by atoms with Crippen molar-refractivity contribution in [2.45, 2.75) is 12.8 Å². The van der Waals surface area contributed by atoms with E-state index in [0.717, 1.165) is 57.9 Å². The van der Waals surface area contributed by atoms with Gasteiger partial charge < -0.3 is 21.3 Å². The highest BCUT2D eigenvalue weighted by Crippen LogP contribution is 2.14. The molecular formula is C14H23N5O. The molecule has 6 nitrogen and oxygen atoms in total. The monoisotopic (exact) mass is 277 g/mol. The van der Waals surface area contributed by atoms with Crippen LogP contribution in [0.4, 0.5) is 5.82 Å². The quantitative estimate of drug-likeness (QED) is 0.793. The number of rotatable bonds is 5. The molecular weight excluding hydrogens is 254 g/mol. The van der Waals surface area contributed by atoms with Crippen LogP contribution in [-0.4, -0.2) is 55.1 Å². The summed E-state index contributed by atoms with van der Waals surface area (Å²) in [5, 5.41) is 0. The number of carbonyl (C=O) groups is 1. The number of nitrogens with two attached hydrogens (primary N) is 2. The molecule has 0 radical (unpaired) electrons. The van der Waals surface area contributed by atoms with E-state index in [9.17, 15) is 4.79 Å². The van der Waals surface area contributed by atoms with Crippen LogP contribution in [0.2, 0.25) is 0 Å². The van der Waals surface area contributed by atoms with Crippen molar-refractivity contribution >= 4 is 11.7 Å². The number of nitrogens with zero attached hydrogens (tertiary/aromatic N) is 3. The van der Waals surface area contributed by atoms with Gasteiger partial charge in [0, 0.05) is 25.8 Å². The third kappa shape index (κ3) is 3.91. The van der Waals surface area contributed by atoms with Gasteiger partial charge in [0.1, 0.15) is 5.82 Å². The molecule has 6 heteroatoms. The Morgan fingerprint density at radius 3 is 2.75 bits per heavy atom. The zero-order valence-corrected chi connectivity index (χ0v) is 11.8. The van der Waals surface area contributed by atoms with E-state index in [4.69, 9.17) is 11.5 Å². The average Bonchev–Trinajstić information content (AvgIpc) is 2.70. The number of primary amides is 1. The van der Waals surface area contributed by atoms with Gasteiger partial charge in [-0.05, 0) is 44.6 Å². The molecule has 4 N–H and O–H groups in total. The predicted octanol–water partition coefficient (Wildman–Crippen LogP) is 0.0414. The SMILES string of the molecule is NCCCN1CCCN(c2ccc(C(N)=O)cn2)CC1. The van der Waals surface area contributed by atoms with Gasteiger partial charge in [0.15, 0.2) is 0 Å². The molecule has 20 heavy (non-hydrogen) atoms. The Hall–Kier alpha value is -1.66. The predicted molar refractivity (Wildman–Crippen MR) is 79.7 cm³/mol. The lowest BCUT2D eigenvalue weighted by Gasteiger charge is -2.22. The van der Waals surface area contributed by atoms with Crippen molar-refractivity contribution in [1.29, 1.82) is 0 Å². The van der Waals surface area contributed by atoms with Crippen molar-refractivity contribution < 1.29 is 4.79 Å². The molecule has 0 spiro atoms. The second-order valence-electron chi connectivity index (χ2n) is 5.09. The van der Waals surface area contributed by atoms with Crippen LogP contribution in [-0.2, 0) is 0 Å². The van der Waals surface area contributed by atoms with Crippen LogP contribution >= 0.6 is 0 Å². The maximum absolute atomic E-state index is 11.0. The van der Waals surface area contributed by atoms with Gasteiger partial charge in [0.25, 0.3) is 0 Å². The summed E-state index contributed by atoms with van der Waals surface area (Å²) < 4.78 is 0. The van der Waals surface area contributed by atoms with Gasteiger partial charge in [-0.1, -0.05) is 0 Å². The van der Waals surface area contributed by atoms with Crippen LogP contribution in [0.1, 0.15) is 23.2 Å². The van der Waals surface area contributed by atoms with Crippen molar-refractivity contribution in [1.82, 2.24) is 9.88 Å². The highest BCUT2D eigenvalue weighted by atomic mass is 16.1. The van der Waals surface area contributed by atoms with Gasteiger partial charge in [0.2, 0.25) is 5.91 Å². The molecule has 1 aromatic heterocycles. The van der Waals surface area contributed by atoms with Gasteiger partial charge in [-0.25, -0.2) is 4.98 Å². The lowest BCUT2D eigenvalue weighted by atomic mass is 10.2. The van der Waals surface area contributed by atoms with E-state index in [0.29, 0.717) is 5.56 Å². The molecule has 2 heterocycles. The fraction of sp³-hybridized carbons (Fsp3) is 0.571. The topological polar surface area (TPSA) is 88.5 Å². The number of pyridine rings is 1. The molecule has 1 amide bonds. The number of anilines is 1. The standard InChI is InChI=1S/C14H23N5O/c15-5-1-6-18-7-2-8-19(10-9-18)13-4-3-12(11-17-13)14(16)20/h3-4,11H,1-2,5-10,15H2,(H2,16,20). The Kier molecular flexibility index (Phi) is 5.31. The summed E-state index contributed by atoms with van der Waals surface area (Å²) in [5.74, 6) is 0.476. The lowest BCUT2D eigenvalue weighted by Crippen LogP contribution is -2.32. The minimum Gasteiger partial charge on any atom is -0.366 e.